The highest BCUT2D eigenvalue weighted by Gasteiger charge is 2.15. The number of nitrogens with one attached hydrogen (secondary N) is 1. The SMILES string of the molecule is CC(C)C[C@@H](N)C(=O)Nc1cccc(F)n1. The van der Waals surface area contributed by atoms with E-state index < -0.39 is 12.0 Å². The van der Waals surface area contributed by atoms with Crippen LogP contribution in [0.15, 0.2) is 18.2 Å². The average molecular weight is 225 g/mol. The first-order valence-electron chi connectivity index (χ1n) is 5.18. The summed E-state index contributed by atoms with van der Waals surface area (Å²) in [6.07, 6.45) is 0.584. The van der Waals surface area contributed by atoms with Crippen molar-refractivity contribution in [3.05, 3.63) is 24.1 Å². The molecule has 0 saturated heterocycles. The molecule has 0 unspecified atom stereocenters. The van der Waals surface area contributed by atoms with Crippen LogP contribution in [-0.2, 0) is 4.79 Å². The van der Waals surface area contributed by atoms with Crippen molar-refractivity contribution in [3.8, 4) is 0 Å². The van der Waals surface area contributed by atoms with Gasteiger partial charge in [0, 0.05) is 0 Å². The van der Waals surface area contributed by atoms with Crippen LogP contribution in [0, 0.1) is 11.9 Å². The van der Waals surface area contributed by atoms with E-state index in [4.69, 9.17) is 5.73 Å². The van der Waals surface area contributed by atoms with Gasteiger partial charge < -0.3 is 11.1 Å². The van der Waals surface area contributed by atoms with Gasteiger partial charge in [0.2, 0.25) is 11.9 Å². The molecule has 16 heavy (non-hydrogen) atoms. The van der Waals surface area contributed by atoms with Gasteiger partial charge in [0.05, 0.1) is 6.04 Å². The standard InChI is InChI=1S/C11H16FN3O/c1-7(2)6-8(13)11(16)15-10-5-3-4-9(12)14-10/h3-5,7-8H,6,13H2,1-2H3,(H,14,15,16)/t8-/m1/s1. The van der Waals surface area contributed by atoms with Gasteiger partial charge in [0.1, 0.15) is 5.82 Å². The minimum absolute atomic E-state index is 0.184. The van der Waals surface area contributed by atoms with E-state index in [0.717, 1.165) is 0 Å². The molecule has 0 saturated carbocycles. The third kappa shape index (κ3) is 3.94. The van der Waals surface area contributed by atoms with Crippen LogP contribution in [0.1, 0.15) is 20.3 Å². The van der Waals surface area contributed by atoms with Gasteiger partial charge in [-0.25, -0.2) is 4.98 Å². The maximum absolute atomic E-state index is 12.7. The fourth-order valence-corrected chi connectivity index (χ4v) is 1.31. The van der Waals surface area contributed by atoms with Gasteiger partial charge in [-0.2, -0.15) is 4.39 Å². The van der Waals surface area contributed by atoms with Gasteiger partial charge in [-0.1, -0.05) is 19.9 Å². The summed E-state index contributed by atoms with van der Waals surface area (Å²) in [5.74, 6) is -0.451. The van der Waals surface area contributed by atoms with Crippen LogP contribution in [0.3, 0.4) is 0 Å². The van der Waals surface area contributed by atoms with E-state index >= 15 is 0 Å². The Kier molecular flexibility index (Phi) is 4.37. The molecule has 0 aromatic carbocycles. The van der Waals surface area contributed by atoms with Gasteiger partial charge >= 0.3 is 0 Å². The summed E-state index contributed by atoms with van der Waals surface area (Å²) in [7, 11) is 0. The Morgan fingerprint density at radius 3 is 2.81 bits per heavy atom. The van der Waals surface area contributed by atoms with Crippen molar-refractivity contribution < 1.29 is 9.18 Å². The monoisotopic (exact) mass is 225 g/mol. The Labute approximate surface area is 94.1 Å². The molecular weight excluding hydrogens is 209 g/mol. The van der Waals surface area contributed by atoms with Crippen molar-refractivity contribution >= 4 is 11.7 Å². The number of rotatable bonds is 4. The summed E-state index contributed by atoms with van der Waals surface area (Å²) in [6, 6.07) is 3.61. The van der Waals surface area contributed by atoms with E-state index in [9.17, 15) is 9.18 Å². The highest BCUT2D eigenvalue weighted by atomic mass is 19.1. The Morgan fingerprint density at radius 2 is 2.25 bits per heavy atom. The number of hydrogen-bond donors (Lipinski definition) is 2. The molecule has 1 atom stereocenters. The van der Waals surface area contributed by atoms with E-state index in [2.05, 4.69) is 10.3 Å². The number of carbonyl (C=O) groups is 1. The van der Waals surface area contributed by atoms with Crippen molar-refractivity contribution in [2.75, 3.05) is 5.32 Å². The predicted molar refractivity (Wildman–Crippen MR) is 60.3 cm³/mol. The second kappa shape index (κ2) is 5.55. The molecule has 5 heteroatoms. The van der Waals surface area contributed by atoms with Crippen LogP contribution in [0.2, 0.25) is 0 Å². The number of nitrogens with two attached hydrogens (primary N) is 1. The Hall–Kier alpha value is -1.49. The summed E-state index contributed by atoms with van der Waals surface area (Å²) in [5.41, 5.74) is 5.67. The third-order valence-corrected chi connectivity index (χ3v) is 2.03. The molecule has 1 heterocycles. The van der Waals surface area contributed by atoms with Crippen molar-refractivity contribution in [1.82, 2.24) is 4.98 Å². The van der Waals surface area contributed by atoms with Crippen LogP contribution in [-0.4, -0.2) is 16.9 Å². The first-order valence-corrected chi connectivity index (χ1v) is 5.18. The lowest BCUT2D eigenvalue weighted by molar-refractivity contribution is -0.117. The number of amides is 1. The minimum atomic E-state index is -0.629. The van der Waals surface area contributed by atoms with Crippen LogP contribution >= 0.6 is 0 Å². The smallest absolute Gasteiger partial charge is 0.242 e. The van der Waals surface area contributed by atoms with Crippen LogP contribution in [0.4, 0.5) is 10.2 Å². The van der Waals surface area contributed by atoms with E-state index in [0.29, 0.717) is 12.3 Å². The zero-order valence-corrected chi connectivity index (χ0v) is 9.40. The van der Waals surface area contributed by atoms with E-state index in [1.165, 1.54) is 18.2 Å². The molecule has 1 rings (SSSR count). The fourth-order valence-electron chi connectivity index (χ4n) is 1.31. The largest absolute Gasteiger partial charge is 0.320 e. The molecule has 1 aromatic heterocycles. The van der Waals surface area contributed by atoms with Crippen LogP contribution < -0.4 is 11.1 Å². The first kappa shape index (κ1) is 12.6. The first-order chi connectivity index (χ1) is 7.49. The maximum Gasteiger partial charge on any atom is 0.242 e. The normalized spacial score (nSPS) is 12.6. The fraction of sp³-hybridized carbons (Fsp3) is 0.455. The molecule has 4 nitrogen and oxygen atoms in total. The average Bonchev–Trinajstić information content (AvgIpc) is 2.16. The second-order valence-electron chi connectivity index (χ2n) is 4.07. The summed E-state index contributed by atoms with van der Waals surface area (Å²) in [5, 5.41) is 2.47. The van der Waals surface area contributed by atoms with E-state index in [1.807, 2.05) is 13.8 Å². The number of carbonyl (C=O) groups excluding carboxylic acids is 1. The number of hydrogen-bond acceptors (Lipinski definition) is 3. The lowest BCUT2D eigenvalue weighted by atomic mass is 10.0. The van der Waals surface area contributed by atoms with Crippen LogP contribution in [0.5, 0.6) is 0 Å². The Balaban J connectivity index is 2.57. The second-order valence-corrected chi connectivity index (χ2v) is 4.07. The van der Waals surface area contributed by atoms with E-state index in [1.54, 1.807) is 0 Å². The van der Waals surface area contributed by atoms with Gasteiger partial charge in [-0.3, -0.25) is 4.79 Å². The van der Waals surface area contributed by atoms with Crippen molar-refractivity contribution in [2.45, 2.75) is 26.3 Å². The molecule has 0 aliphatic carbocycles. The molecule has 0 aliphatic heterocycles. The molecule has 0 aliphatic rings. The predicted octanol–water partition coefficient (Wildman–Crippen LogP) is 1.53. The maximum atomic E-state index is 12.7. The summed E-state index contributed by atoms with van der Waals surface area (Å²) in [6.45, 7) is 3.96. The lowest BCUT2D eigenvalue weighted by Crippen LogP contribution is -2.36. The van der Waals surface area contributed by atoms with Crippen molar-refractivity contribution in [2.24, 2.45) is 11.7 Å². The van der Waals surface area contributed by atoms with E-state index in [-0.39, 0.29) is 11.7 Å². The van der Waals surface area contributed by atoms with Gasteiger partial charge in [0.25, 0.3) is 0 Å². The highest BCUT2D eigenvalue weighted by Crippen LogP contribution is 2.07. The number of nitrogens with zero attached hydrogens (tertiary/aromatic N) is 1. The number of pyridine rings is 1. The summed E-state index contributed by atoms with van der Waals surface area (Å²) in [4.78, 5) is 15.1. The van der Waals surface area contributed by atoms with Crippen molar-refractivity contribution in [3.63, 3.8) is 0 Å². The quantitative estimate of drug-likeness (QED) is 0.763. The topological polar surface area (TPSA) is 68.0 Å². The molecule has 0 spiro atoms. The zero-order valence-electron chi connectivity index (χ0n) is 9.40. The molecule has 88 valence electrons. The molecule has 0 bridgehead atoms. The molecule has 3 N–H and O–H groups in total. The minimum Gasteiger partial charge on any atom is -0.320 e. The Bertz CT molecular complexity index is 368. The molecule has 0 fully saturated rings. The van der Waals surface area contributed by atoms with Gasteiger partial charge in [-0.15, -0.1) is 0 Å². The van der Waals surface area contributed by atoms with Gasteiger partial charge in [0.15, 0.2) is 0 Å². The summed E-state index contributed by atoms with van der Waals surface area (Å²) >= 11 is 0. The number of aromatic nitrogens is 1. The molecule has 0 radical (unpaired) electrons. The third-order valence-electron chi connectivity index (χ3n) is 2.03. The zero-order chi connectivity index (χ0) is 12.1. The Morgan fingerprint density at radius 1 is 1.56 bits per heavy atom. The van der Waals surface area contributed by atoms with Gasteiger partial charge in [-0.05, 0) is 24.5 Å². The summed E-state index contributed by atoms with van der Waals surface area (Å²) < 4.78 is 12.7. The lowest BCUT2D eigenvalue weighted by Gasteiger charge is -2.13. The molecule has 1 aromatic rings. The van der Waals surface area contributed by atoms with Crippen molar-refractivity contribution in [1.29, 1.82) is 0 Å². The molecule has 1 amide bonds. The molecular formula is C11H16FN3O. The van der Waals surface area contributed by atoms with Crippen LogP contribution in [0.25, 0.3) is 0 Å². The number of anilines is 1. The highest BCUT2D eigenvalue weighted by molar-refractivity contribution is 5.93. The number of halogens is 1.